The molecule has 0 bridgehead atoms. The van der Waals surface area contributed by atoms with Crippen molar-refractivity contribution in [1.82, 2.24) is 10.9 Å². The molecule has 0 aromatic heterocycles. The summed E-state index contributed by atoms with van der Waals surface area (Å²) >= 11 is 0. The van der Waals surface area contributed by atoms with Gasteiger partial charge in [-0.05, 0) is 0 Å². The van der Waals surface area contributed by atoms with Gasteiger partial charge in [0.15, 0.2) is 0 Å². The van der Waals surface area contributed by atoms with E-state index in [4.69, 9.17) is 0 Å². The molecule has 0 saturated heterocycles. The summed E-state index contributed by atoms with van der Waals surface area (Å²) in [5.41, 5.74) is 3.46. The van der Waals surface area contributed by atoms with E-state index in [0.717, 1.165) is 0 Å². The average molecular weight is 119 g/mol. The van der Waals surface area contributed by atoms with E-state index in [1.54, 1.807) is 5.43 Å². The Labute approximate surface area is 45.1 Å². The van der Waals surface area contributed by atoms with Crippen LogP contribution in [0.4, 0.5) is 0 Å². The number of quaternary nitrogens is 1. The molecule has 46 valence electrons. The summed E-state index contributed by atoms with van der Waals surface area (Å²) in [5, 5.41) is 0. The van der Waals surface area contributed by atoms with Crippen molar-refractivity contribution < 1.29 is 15.4 Å². The summed E-state index contributed by atoms with van der Waals surface area (Å²) in [6.07, 6.45) is 0. The van der Waals surface area contributed by atoms with E-state index in [0.29, 0.717) is 0 Å². The molecular weight excluding hydrogens is 112 g/mol. The first-order valence-corrected chi connectivity index (χ1v) is 1.80. The number of hydrogen-bond donors (Lipinski definition) is 4. The van der Waals surface area contributed by atoms with Crippen molar-refractivity contribution in [3.05, 3.63) is 0 Å². The molecule has 0 radical (unpaired) electrons. The molecular formula is C2H7N4O2+. The Bertz CT molecular complexity index is 96.6. The largest absolute Gasteiger partial charge is 0.355 e. The van der Waals surface area contributed by atoms with E-state index in [-0.39, 0.29) is 0 Å². The normalized spacial score (nSPS) is 7.75. The fraction of sp³-hybridized carbons (Fsp3) is 0. The second-order valence-electron chi connectivity index (χ2n) is 0.979. The lowest BCUT2D eigenvalue weighted by molar-refractivity contribution is -0.426. The Morgan fingerprint density at radius 3 is 2.00 bits per heavy atom. The second kappa shape index (κ2) is 2.94. The minimum absolute atomic E-state index is 0.854. The van der Waals surface area contributed by atoms with Crippen LogP contribution in [0.1, 0.15) is 0 Å². The van der Waals surface area contributed by atoms with Gasteiger partial charge in [0.2, 0.25) is 0 Å². The van der Waals surface area contributed by atoms with E-state index in [2.05, 4.69) is 11.7 Å². The predicted octanol–water partition coefficient (Wildman–Crippen LogP) is -3.75. The minimum Gasteiger partial charge on any atom is -0.286 e. The van der Waals surface area contributed by atoms with Gasteiger partial charge in [0.25, 0.3) is 0 Å². The second-order valence-corrected chi connectivity index (χ2v) is 0.979. The van der Waals surface area contributed by atoms with Crippen LogP contribution in [0, 0.1) is 0 Å². The highest BCUT2D eigenvalue weighted by molar-refractivity contribution is 6.34. The molecule has 0 heterocycles. The van der Waals surface area contributed by atoms with Crippen LogP contribution in [0.3, 0.4) is 0 Å². The van der Waals surface area contributed by atoms with E-state index in [1.807, 2.05) is 5.43 Å². The molecule has 0 rings (SSSR count). The summed E-state index contributed by atoms with van der Waals surface area (Å²) in [4.78, 5) is 20.1. The molecule has 0 unspecified atom stereocenters. The zero-order valence-electron chi connectivity index (χ0n) is 4.10. The van der Waals surface area contributed by atoms with Crippen LogP contribution in [0.15, 0.2) is 0 Å². The van der Waals surface area contributed by atoms with Gasteiger partial charge in [0, 0.05) is 0 Å². The number of hydrogen-bond acceptors (Lipinski definition) is 3. The minimum atomic E-state index is -0.903. The van der Waals surface area contributed by atoms with Gasteiger partial charge in [-0.15, -0.1) is 0 Å². The molecule has 2 amide bonds. The molecule has 7 N–H and O–H groups in total. The first-order chi connectivity index (χ1) is 3.72. The van der Waals surface area contributed by atoms with E-state index >= 15 is 0 Å². The third kappa shape index (κ3) is 1.54. The Morgan fingerprint density at radius 1 is 1.38 bits per heavy atom. The van der Waals surface area contributed by atoms with Gasteiger partial charge in [-0.25, -0.2) is 5.84 Å². The van der Waals surface area contributed by atoms with Crippen molar-refractivity contribution in [2.75, 3.05) is 0 Å². The van der Waals surface area contributed by atoms with E-state index < -0.39 is 11.8 Å². The number of nitrogens with one attached hydrogen (secondary N) is 2. The average Bonchev–Trinajstić information content (AvgIpc) is 1.84. The van der Waals surface area contributed by atoms with Gasteiger partial charge in [-0.1, -0.05) is 0 Å². The quantitative estimate of drug-likeness (QED) is 0.114. The van der Waals surface area contributed by atoms with Crippen molar-refractivity contribution in [2.45, 2.75) is 0 Å². The van der Waals surface area contributed by atoms with Crippen molar-refractivity contribution >= 4 is 11.8 Å². The van der Waals surface area contributed by atoms with Gasteiger partial charge in [-0.2, -0.15) is 5.43 Å². The molecule has 0 aromatic carbocycles. The zero-order valence-corrected chi connectivity index (χ0v) is 4.10. The van der Waals surface area contributed by atoms with Gasteiger partial charge >= 0.3 is 11.8 Å². The molecule has 0 aliphatic rings. The summed E-state index contributed by atoms with van der Waals surface area (Å²) in [7, 11) is 0. The molecule has 6 heteroatoms. The highest BCUT2D eigenvalue weighted by atomic mass is 16.2. The van der Waals surface area contributed by atoms with Crippen LogP contribution in [-0.2, 0) is 9.59 Å². The van der Waals surface area contributed by atoms with Gasteiger partial charge in [0.1, 0.15) is 0 Å². The van der Waals surface area contributed by atoms with Crippen LogP contribution in [0.5, 0.6) is 0 Å². The topological polar surface area (TPSA) is 112 Å². The molecule has 0 atom stereocenters. The van der Waals surface area contributed by atoms with Crippen LogP contribution >= 0.6 is 0 Å². The molecule has 0 aliphatic heterocycles. The van der Waals surface area contributed by atoms with Crippen molar-refractivity contribution in [3.8, 4) is 0 Å². The monoisotopic (exact) mass is 119 g/mol. The number of nitrogens with two attached hydrogens (primary N) is 1. The summed E-state index contributed by atoms with van der Waals surface area (Å²) in [6, 6.07) is 0. The number of hydrazine groups is 1. The smallest absolute Gasteiger partial charge is 0.286 e. The maximum Gasteiger partial charge on any atom is 0.355 e. The lowest BCUT2D eigenvalue weighted by Gasteiger charge is -1.91. The van der Waals surface area contributed by atoms with E-state index in [1.165, 1.54) is 0 Å². The molecule has 6 nitrogen and oxygen atoms in total. The Hall–Kier alpha value is -1.14. The fourth-order valence-electron chi connectivity index (χ4n) is 0.146. The van der Waals surface area contributed by atoms with Gasteiger partial charge in [0.05, 0.1) is 0 Å². The number of carbonyl (C=O) groups excluding carboxylic acids is 2. The molecule has 8 heavy (non-hydrogen) atoms. The van der Waals surface area contributed by atoms with E-state index in [9.17, 15) is 9.59 Å². The van der Waals surface area contributed by atoms with Crippen LogP contribution < -0.4 is 22.5 Å². The third-order valence-electron chi connectivity index (χ3n) is 0.498. The zero-order chi connectivity index (χ0) is 6.57. The van der Waals surface area contributed by atoms with Crippen LogP contribution in [0.25, 0.3) is 0 Å². The maximum atomic E-state index is 10.1. The standard InChI is InChI=1S/C2H6N4O2/c3-5-1(7)2(8)6-4/h3-4H2,(H,5,7)(H,6,8)/p+1. The van der Waals surface area contributed by atoms with Crippen LogP contribution in [0.2, 0.25) is 0 Å². The summed E-state index contributed by atoms with van der Waals surface area (Å²) in [6.45, 7) is 0. The highest BCUT2D eigenvalue weighted by Crippen LogP contribution is 1.54. The lowest BCUT2D eigenvalue weighted by Crippen LogP contribution is -2.69. The highest BCUT2D eigenvalue weighted by Gasteiger charge is 2.09. The fourth-order valence-corrected chi connectivity index (χ4v) is 0.146. The third-order valence-corrected chi connectivity index (χ3v) is 0.498. The Kier molecular flexibility index (Phi) is 2.52. The lowest BCUT2D eigenvalue weighted by atomic mass is 10.6. The molecule has 0 fully saturated rings. The molecule has 0 aromatic rings. The predicted molar refractivity (Wildman–Crippen MR) is 23.4 cm³/mol. The van der Waals surface area contributed by atoms with Crippen molar-refractivity contribution in [2.24, 2.45) is 5.84 Å². The summed E-state index contributed by atoms with van der Waals surface area (Å²) < 4.78 is 0. The van der Waals surface area contributed by atoms with Crippen molar-refractivity contribution in [3.63, 3.8) is 0 Å². The first-order valence-electron chi connectivity index (χ1n) is 1.80. The number of rotatable bonds is 0. The molecule has 0 saturated carbocycles. The van der Waals surface area contributed by atoms with Gasteiger partial charge < -0.3 is 0 Å². The SMILES string of the molecule is NNC(=O)C(=O)N[NH3+]. The van der Waals surface area contributed by atoms with Crippen molar-refractivity contribution in [1.29, 1.82) is 0 Å². The summed E-state index contributed by atoms with van der Waals surface area (Å²) in [5.74, 6) is 5.74. The van der Waals surface area contributed by atoms with Gasteiger partial charge in [-0.3, -0.25) is 20.9 Å². The number of amides is 2. The maximum absolute atomic E-state index is 10.1. The Morgan fingerprint density at radius 2 is 1.88 bits per heavy atom. The first kappa shape index (κ1) is 6.86. The molecule has 0 aliphatic carbocycles. The van der Waals surface area contributed by atoms with Crippen LogP contribution in [-0.4, -0.2) is 11.8 Å². The Balaban J connectivity index is 3.64. The number of carbonyl (C=O) groups is 2. The molecule has 0 spiro atoms.